The number of hydrogen-bond donors (Lipinski definition) is 1. The summed E-state index contributed by atoms with van der Waals surface area (Å²) in [5, 5.41) is 9.41. The summed E-state index contributed by atoms with van der Waals surface area (Å²) in [5.41, 5.74) is 0.943. The smallest absolute Gasteiger partial charge is 0.333 e. The number of furan rings is 1. The lowest BCUT2D eigenvalue weighted by molar-refractivity contribution is -0.133. The Morgan fingerprint density at radius 1 is 1.17 bits per heavy atom. The summed E-state index contributed by atoms with van der Waals surface area (Å²) in [5.74, 6) is -0.265. The highest BCUT2D eigenvalue weighted by Gasteiger charge is 2.42. The zero-order chi connectivity index (χ0) is 17.5. The standard InChI is InChI=1S/C17H17NO5S/c1-11-3-6-13(7-4-11)24(21,22)18-10-9-14(17(19)20)16(18)15-8-5-12(2)23-15/h3-9,16H,10H2,1-2H3,(H,19,20). The van der Waals surface area contributed by atoms with E-state index in [9.17, 15) is 18.3 Å². The molecule has 1 unspecified atom stereocenters. The molecular weight excluding hydrogens is 330 g/mol. The largest absolute Gasteiger partial charge is 0.478 e. The second-order valence-electron chi connectivity index (χ2n) is 5.70. The molecule has 2 aromatic rings. The van der Waals surface area contributed by atoms with Crippen molar-refractivity contribution in [2.24, 2.45) is 0 Å². The summed E-state index contributed by atoms with van der Waals surface area (Å²) in [7, 11) is -3.85. The maximum atomic E-state index is 13.0. The molecule has 0 amide bonds. The summed E-state index contributed by atoms with van der Waals surface area (Å²) in [6, 6.07) is 8.79. The van der Waals surface area contributed by atoms with E-state index in [0.29, 0.717) is 11.5 Å². The molecule has 2 heterocycles. The highest BCUT2D eigenvalue weighted by molar-refractivity contribution is 7.89. The molecule has 0 saturated carbocycles. The average molecular weight is 347 g/mol. The second kappa shape index (κ2) is 5.92. The maximum absolute atomic E-state index is 13.0. The van der Waals surface area contributed by atoms with E-state index in [4.69, 9.17) is 4.42 Å². The quantitative estimate of drug-likeness (QED) is 0.918. The number of carboxylic acids is 1. The summed E-state index contributed by atoms with van der Waals surface area (Å²) in [4.78, 5) is 11.6. The van der Waals surface area contributed by atoms with Crippen molar-refractivity contribution < 1.29 is 22.7 Å². The van der Waals surface area contributed by atoms with Crippen LogP contribution in [0, 0.1) is 13.8 Å². The van der Waals surface area contributed by atoms with Crippen molar-refractivity contribution in [3.05, 3.63) is 65.1 Å². The van der Waals surface area contributed by atoms with Crippen molar-refractivity contribution in [1.29, 1.82) is 0 Å². The lowest BCUT2D eigenvalue weighted by Gasteiger charge is -2.24. The Kier molecular flexibility index (Phi) is 4.06. The zero-order valence-corrected chi connectivity index (χ0v) is 14.1. The number of sulfonamides is 1. The van der Waals surface area contributed by atoms with Gasteiger partial charge in [-0.15, -0.1) is 0 Å². The minimum atomic E-state index is -3.85. The Morgan fingerprint density at radius 2 is 1.83 bits per heavy atom. The highest BCUT2D eigenvalue weighted by atomic mass is 32.2. The SMILES string of the molecule is Cc1ccc(S(=O)(=O)N2CC=C(C(=O)O)C2c2ccc(C)o2)cc1. The minimum Gasteiger partial charge on any atom is -0.478 e. The van der Waals surface area contributed by atoms with Gasteiger partial charge in [-0.1, -0.05) is 23.8 Å². The van der Waals surface area contributed by atoms with Gasteiger partial charge in [0.05, 0.1) is 10.5 Å². The van der Waals surface area contributed by atoms with Gasteiger partial charge in [-0.25, -0.2) is 13.2 Å². The number of carboxylic acid groups (broad SMARTS) is 1. The molecule has 3 rings (SSSR count). The molecule has 0 spiro atoms. The summed E-state index contributed by atoms with van der Waals surface area (Å²) in [6.45, 7) is 3.58. The highest BCUT2D eigenvalue weighted by Crippen LogP contribution is 2.38. The first-order valence-corrected chi connectivity index (χ1v) is 8.83. The van der Waals surface area contributed by atoms with Crippen LogP contribution in [0.25, 0.3) is 0 Å². The van der Waals surface area contributed by atoms with E-state index in [1.54, 1.807) is 31.2 Å². The van der Waals surface area contributed by atoms with Gasteiger partial charge in [0.15, 0.2) is 0 Å². The Morgan fingerprint density at radius 3 is 2.38 bits per heavy atom. The predicted molar refractivity (Wildman–Crippen MR) is 87.0 cm³/mol. The number of hydrogen-bond acceptors (Lipinski definition) is 4. The van der Waals surface area contributed by atoms with Gasteiger partial charge < -0.3 is 9.52 Å². The summed E-state index contributed by atoms with van der Waals surface area (Å²) >= 11 is 0. The molecule has 1 aliphatic heterocycles. The molecule has 0 radical (unpaired) electrons. The van der Waals surface area contributed by atoms with Crippen LogP contribution in [0.15, 0.2) is 57.4 Å². The third kappa shape index (κ3) is 2.76. The van der Waals surface area contributed by atoms with E-state index in [2.05, 4.69) is 0 Å². The topological polar surface area (TPSA) is 87.8 Å². The van der Waals surface area contributed by atoms with E-state index in [-0.39, 0.29) is 17.0 Å². The molecule has 24 heavy (non-hydrogen) atoms. The fraction of sp³-hybridized carbons (Fsp3) is 0.235. The first-order chi connectivity index (χ1) is 11.3. The van der Waals surface area contributed by atoms with Crippen molar-refractivity contribution in [2.45, 2.75) is 24.8 Å². The first-order valence-electron chi connectivity index (χ1n) is 7.39. The number of nitrogens with zero attached hydrogens (tertiary/aromatic N) is 1. The van der Waals surface area contributed by atoms with E-state index < -0.39 is 22.0 Å². The molecule has 1 atom stereocenters. The summed E-state index contributed by atoms with van der Waals surface area (Å²) < 4.78 is 32.6. The molecular formula is C17H17NO5S. The summed E-state index contributed by atoms with van der Waals surface area (Å²) in [6.07, 6.45) is 1.41. The number of aliphatic carboxylic acids is 1. The Hall–Kier alpha value is -2.38. The molecule has 126 valence electrons. The van der Waals surface area contributed by atoms with Gasteiger partial charge in [-0.05, 0) is 38.1 Å². The second-order valence-corrected chi connectivity index (χ2v) is 7.59. The van der Waals surface area contributed by atoms with E-state index in [1.807, 2.05) is 6.92 Å². The van der Waals surface area contributed by atoms with Gasteiger partial charge in [0.1, 0.15) is 17.6 Å². The molecule has 0 bridgehead atoms. The van der Waals surface area contributed by atoms with Crippen molar-refractivity contribution in [1.82, 2.24) is 4.31 Å². The third-order valence-electron chi connectivity index (χ3n) is 3.98. The Balaban J connectivity index is 2.06. The molecule has 0 aliphatic carbocycles. The van der Waals surface area contributed by atoms with E-state index in [0.717, 1.165) is 9.87 Å². The first kappa shape index (κ1) is 16.5. The van der Waals surface area contributed by atoms with Crippen LogP contribution in [0.3, 0.4) is 0 Å². The van der Waals surface area contributed by atoms with Crippen molar-refractivity contribution in [2.75, 3.05) is 6.54 Å². The van der Waals surface area contributed by atoms with Crippen molar-refractivity contribution >= 4 is 16.0 Å². The molecule has 1 aromatic heterocycles. The van der Waals surface area contributed by atoms with Crippen molar-refractivity contribution in [3.63, 3.8) is 0 Å². The molecule has 7 heteroatoms. The van der Waals surface area contributed by atoms with Gasteiger partial charge in [0.2, 0.25) is 10.0 Å². The average Bonchev–Trinajstić information content (AvgIpc) is 3.13. The number of aryl methyl sites for hydroxylation is 2. The normalized spacial score (nSPS) is 18.6. The van der Waals surface area contributed by atoms with Gasteiger partial charge in [0.25, 0.3) is 0 Å². The van der Waals surface area contributed by atoms with Crippen molar-refractivity contribution in [3.8, 4) is 0 Å². The molecule has 1 N–H and O–H groups in total. The number of rotatable bonds is 4. The molecule has 1 aliphatic rings. The van der Waals surface area contributed by atoms with Crippen LogP contribution in [0.4, 0.5) is 0 Å². The number of carbonyl (C=O) groups is 1. The van der Waals surface area contributed by atoms with Crippen LogP contribution in [-0.2, 0) is 14.8 Å². The number of benzene rings is 1. The van der Waals surface area contributed by atoms with Crippen LogP contribution in [0.5, 0.6) is 0 Å². The van der Waals surface area contributed by atoms with E-state index >= 15 is 0 Å². The molecule has 6 nitrogen and oxygen atoms in total. The molecule has 0 saturated heterocycles. The lowest BCUT2D eigenvalue weighted by Crippen LogP contribution is -2.33. The fourth-order valence-electron chi connectivity index (χ4n) is 2.74. The minimum absolute atomic E-state index is 0.0000340. The van der Waals surface area contributed by atoms with Crippen LogP contribution >= 0.6 is 0 Å². The third-order valence-corrected chi connectivity index (χ3v) is 5.82. The van der Waals surface area contributed by atoms with Gasteiger partial charge in [-0.3, -0.25) is 0 Å². The predicted octanol–water partition coefficient (Wildman–Crippen LogP) is 2.65. The van der Waals surface area contributed by atoms with Crippen LogP contribution in [0.1, 0.15) is 23.1 Å². The van der Waals surface area contributed by atoms with Crippen LogP contribution in [-0.4, -0.2) is 30.3 Å². The van der Waals surface area contributed by atoms with Crippen LogP contribution in [0.2, 0.25) is 0 Å². The van der Waals surface area contributed by atoms with Gasteiger partial charge in [-0.2, -0.15) is 4.31 Å². The maximum Gasteiger partial charge on any atom is 0.333 e. The van der Waals surface area contributed by atoms with Gasteiger partial charge >= 0.3 is 5.97 Å². The molecule has 0 fully saturated rings. The van der Waals surface area contributed by atoms with E-state index in [1.165, 1.54) is 18.2 Å². The lowest BCUT2D eigenvalue weighted by atomic mass is 10.1. The zero-order valence-electron chi connectivity index (χ0n) is 13.3. The fourth-order valence-corrected chi connectivity index (χ4v) is 4.26. The Labute approximate surface area is 140 Å². The molecule has 1 aromatic carbocycles. The van der Waals surface area contributed by atoms with Crippen LogP contribution < -0.4 is 0 Å². The monoisotopic (exact) mass is 347 g/mol. The Bertz CT molecular complexity index is 909. The van der Waals surface area contributed by atoms with Gasteiger partial charge in [0, 0.05) is 6.54 Å².